The van der Waals surface area contributed by atoms with Gasteiger partial charge in [0.1, 0.15) is 0 Å². The van der Waals surface area contributed by atoms with Gasteiger partial charge in [0.25, 0.3) is 0 Å². The van der Waals surface area contributed by atoms with E-state index in [1.165, 1.54) is 18.3 Å². The van der Waals surface area contributed by atoms with Crippen LogP contribution in [-0.2, 0) is 16.0 Å². The van der Waals surface area contributed by atoms with Crippen molar-refractivity contribution in [2.75, 3.05) is 17.2 Å². The van der Waals surface area contributed by atoms with Gasteiger partial charge < -0.3 is 15.4 Å². The molecule has 29 heavy (non-hydrogen) atoms. The predicted octanol–water partition coefficient (Wildman–Crippen LogP) is 3.22. The number of anilines is 2. The van der Waals surface area contributed by atoms with E-state index in [1.807, 2.05) is 0 Å². The second-order valence-electron chi connectivity index (χ2n) is 6.91. The van der Waals surface area contributed by atoms with Gasteiger partial charge >= 0.3 is 5.97 Å². The van der Waals surface area contributed by atoms with Gasteiger partial charge in [-0.2, -0.15) is 0 Å². The monoisotopic (exact) mass is 409 g/mol. The van der Waals surface area contributed by atoms with E-state index in [1.54, 1.807) is 48.2 Å². The first kappa shape index (κ1) is 19.1. The van der Waals surface area contributed by atoms with Crippen molar-refractivity contribution >= 4 is 50.0 Å². The van der Waals surface area contributed by atoms with Crippen LogP contribution in [0.1, 0.15) is 40.1 Å². The number of ether oxygens (including phenoxy) is 1. The van der Waals surface area contributed by atoms with Crippen LogP contribution < -0.4 is 10.6 Å². The number of nitrogen functional groups attached to an aromatic ring is 1. The summed E-state index contributed by atoms with van der Waals surface area (Å²) in [6.07, 6.45) is -0.240. The SMILES string of the molecule is CC(=O)N1CCc2cc(C(=O)C(C)OC(=O)c3ccc4nc(N)sc4c3)ccc21. The van der Waals surface area contributed by atoms with Gasteiger partial charge in [0, 0.05) is 24.7 Å². The number of carbonyl (C=O) groups excluding carboxylic acids is 3. The number of benzene rings is 2. The Kier molecular flexibility index (Phi) is 4.79. The van der Waals surface area contributed by atoms with Crippen molar-refractivity contribution in [3.8, 4) is 0 Å². The molecule has 1 unspecified atom stereocenters. The molecular formula is C21H19N3O4S. The van der Waals surface area contributed by atoms with E-state index in [4.69, 9.17) is 10.5 Å². The van der Waals surface area contributed by atoms with Crippen LogP contribution in [0.15, 0.2) is 36.4 Å². The molecule has 1 atom stereocenters. The minimum Gasteiger partial charge on any atom is -0.451 e. The summed E-state index contributed by atoms with van der Waals surface area (Å²) in [7, 11) is 0. The molecule has 1 aromatic heterocycles. The fourth-order valence-corrected chi connectivity index (χ4v) is 4.24. The number of ketones is 1. The first-order valence-electron chi connectivity index (χ1n) is 9.16. The van der Waals surface area contributed by atoms with Crippen molar-refractivity contribution in [1.29, 1.82) is 0 Å². The smallest absolute Gasteiger partial charge is 0.338 e. The second-order valence-corrected chi connectivity index (χ2v) is 7.97. The first-order valence-corrected chi connectivity index (χ1v) is 9.97. The summed E-state index contributed by atoms with van der Waals surface area (Å²) >= 11 is 1.28. The Morgan fingerprint density at radius 3 is 2.69 bits per heavy atom. The molecule has 0 radical (unpaired) electrons. The molecule has 3 aromatic rings. The Balaban J connectivity index is 1.49. The maximum atomic E-state index is 12.8. The van der Waals surface area contributed by atoms with E-state index in [2.05, 4.69) is 4.98 Å². The number of fused-ring (bicyclic) bond motifs is 2. The fourth-order valence-electron chi connectivity index (χ4n) is 3.47. The Hall–Kier alpha value is -3.26. The summed E-state index contributed by atoms with van der Waals surface area (Å²) in [6.45, 7) is 3.68. The molecule has 0 fully saturated rings. The van der Waals surface area contributed by atoms with Gasteiger partial charge in [-0.1, -0.05) is 11.3 Å². The molecule has 2 N–H and O–H groups in total. The number of hydrogen-bond acceptors (Lipinski definition) is 7. The highest BCUT2D eigenvalue weighted by molar-refractivity contribution is 7.22. The zero-order chi connectivity index (χ0) is 20.7. The third kappa shape index (κ3) is 3.58. The third-order valence-electron chi connectivity index (χ3n) is 4.93. The van der Waals surface area contributed by atoms with Gasteiger partial charge in [-0.15, -0.1) is 0 Å². The van der Waals surface area contributed by atoms with Crippen LogP contribution in [0.5, 0.6) is 0 Å². The van der Waals surface area contributed by atoms with Crippen LogP contribution >= 0.6 is 11.3 Å². The van der Waals surface area contributed by atoms with E-state index >= 15 is 0 Å². The van der Waals surface area contributed by atoms with Crippen LogP contribution in [0.2, 0.25) is 0 Å². The minimum absolute atomic E-state index is 0.0233. The summed E-state index contributed by atoms with van der Waals surface area (Å²) in [5.74, 6) is -0.890. The molecule has 0 saturated heterocycles. The lowest BCUT2D eigenvalue weighted by Crippen LogP contribution is -2.26. The molecule has 0 aliphatic carbocycles. The molecule has 1 amide bonds. The van der Waals surface area contributed by atoms with Crippen molar-refractivity contribution in [3.63, 3.8) is 0 Å². The predicted molar refractivity (Wildman–Crippen MR) is 111 cm³/mol. The molecule has 2 heterocycles. The lowest BCUT2D eigenvalue weighted by atomic mass is 10.0. The van der Waals surface area contributed by atoms with Gasteiger partial charge in [0.2, 0.25) is 11.7 Å². The van der Waals surface area contributed by atoms with E-state index in [0.717, 1.165) is 16.0 Å². The molecule has 1 aliphatic rings. The third-order valence-corrected chi connectivity index (χ3v) is 5.78. The van der Waals surface area contributed by atoms with Gasteiger partial charge in [0.05, 0.1) is 15.8 Å². The normalized spacial score (nSPS) is 13.9. The lowest BCUT2D eigenvalue weighted by Gasteiger charge is -2.16. The molecule has 148 valence electrons. The summed E-state index contributed by atoms with van der Waals surface area (Å²) in [5.41, 5.74) is 8.97. The zero-order valence-electron chi connectivity index (χ0n) is 16.0. The molecule has 0 spiro atoms. The lowest BCUT2D eigenvalue weighted by molar-refractivity contribution is -0.116. The van der Waals surface area contributed by atoms with E-state index in [-0.39, 0.29) is 11.7 Å². The first-order chi connectivity index (χ1) is 13.8. The largest absolute Gasteiger partial charge is 0.451 e. The number of thiazole rings is 1. The summed E-state index contributed by atoms with van der Waals surface area (Å²) in [4.78, 5) is 42.7. The van der Waals surface area contributed by atoms with Gasteiger partial charge in [-0.05, 0) is 55.3 Å². The highest BCUT2D eigenvalue weighted by atomic mass is 32.1. The molecule has 2 aromatic carbocycles. The van der Waals surface area contributed by atoms with E-state index < -0.39 is 12.1 Å². The average molecular weight is 409 g/mol. The minimum atomic E-state index is -0.937. The number of hydrogen-bond donors (Lipinski definition) is 1. The van der Waals surface area contributed by atoms with Crippen LogP contribution in [0.25, 0.3) is 10.2 Å². The molecule has 4 rings (SSSR count). The van der Waals surface area contributed by atoms with Crippen molar-refractivity contribution in [2.45, 2.75) is 26.4 Å². The summed E-state index contributed by atoms with van der Waals surface area (Å²) in [5, 5.41) is 0.425. The molecular weight excluding hydrogens is 390 g/mol. The number of esters is 1. The molecule has 8 heteroatoms. The number of Topliss-reactive ketones (excluding diaryl/α,β-unsaturated/α-hetero) is 1. The maximum Gasteiger partial charge on any atom is 0.338 e. The average Bonchev–Trinajstić information content (AvgIpc) is 3.28. The number of carbonyl (C=O) groups is 3. The van der Waals surface area contributed by atoms with Crippen molar-refractivity contribution in [1.82, 2.24) is 4.98 Å². The van der Waals surface area contributed by atoms with Crippen LogP contribution in [0.4, 0.5) is 10.8 Å². The molecule has 7 nitrogen and oxygen atoms in total. The second kappa shape index (κ2) is 7.29. The van der Waals surface area contributed by atoms with Gasteiger partial charge in [0.15, 0.2) is 11.2 Å². The number of nitrogens with two attached hydrogens (primary N) is 1. The Bertz CT molecular complexity index is 1150. The number of rotatable bonds is 4. The highest BCUT2D eigenvalue weighted by Gasteiger charge is 2.26. The molecule has 0 bridgehead atoms. The maximum absolute atomic E-state index is 12.8. The summed E-state index contributed by atoms with van der Waals surface area (Å²) in [6, 6.07) is 10.2. The van der Waals surface area contributed by atoms with Gasteiger partial charge in [-0.25, -0.2) is 9.78 Å². The zero-order valence-corrected chi connectivity index (χ0v) is 16.8. The molecule has 0 saturated carbocycles. The summed E-state index contributed by atoms with van der Waals surface area (Å²) < 4.78 is 6.17. The van der Waals surface area contributed by atoms with Crippen LogP contribution in [0.3, 0.4) is 0 Å². The van der Waals surface area contributed by atoms with E-state index in [9.17, 15) is 14.4 Å². The highest BCUT2D eigenvalue weighted by Crippen LogP contribution is 2.29. The Labute approximate surface area is 171 Å². The molecule has 1 aliphatic heterocycles. The fraction of sp³-hybridized carbons (Fsp3) is 0.238. The van der Waals surface area contributed by atoms with Crippen molar-refractivity contribution in [3.05, 3.63) is 53.1 Å². The number of nitrogens with zero attached hydrogens (tertiary/aromatic N) is 2. The number of amides is 1. The van der Waals surface area contributed by atoms with E-state index in [0.29, 0.717) is 34.7 Å². The Morgan fingerprint density at radius 1 is 1.17 bits per heavy atom. The van der Waals surface area contributed by atoms with Crippen LogP contribution in [-0.4, -0.2) is 35.3 Å². The van der Waals surface area contributed by atoms with Crippen LogP contribution in [0, 0.1) is 0 Å². The number of aromatic nitrogens is 1. The topological polar surface area (TPSA) is 103 Å². The Morgan fingerprint density at radius 2 is 1.93 bits per heavy atom. The quantitative estimate of drug-likeness (QED) is 0.524. The van der Waals surface area contributed by atoms with Crippen molar-refractivity contribution < 1.29 is 19.1 Å². The van der Waals surface area contributed by atoms with Gasteiger partial charge in [-0.3, -0.25) is 9.59 Å². The standard InChI is InChI=1S/C21H19N3O4S/c1-11(28-20(27)15-3-5-16-18(10-15)29-21(22)23-16)19(26)14-4-6-17-13(9-14)7-8-24(17)12(2)25/h3-6,9-11H,7-8H2,1-2H3,(H2,22,23). The van der Waals surface area contributed by atoms with Crippen molar-refractivity contribution in [2.24, 2.45) is 0 Å².